The van der Waals surface area contributed by atoms with Gasteiger partial charge in [0.15, 0.2) is 6.61 Å². The summed E-state index contributed by atoms with van der Waals surface area (Å²) in [5, 5.41) is 0. The second-order valence-electron chi connectivity index (χ2n) is 6.62. The van der Waals surface area contributed by atoms with Crippen molar-refractivity contribution in [1.29, 1.82) is 0 Å². The zero-order valence-corrected chi connectivity index (χ0v) is 16.0. The first kappa shape index (κ1) is 31.4. The lowest BCUT2D eigenvalue weighted by molar-refractivity contribution is -0.447. The van der Waals surface area contributed by atoms with E-state index in [4.69, 9.17) is 0 Å². The first-order valence-corrected chi connectivity index (χ1v) is 8.48. The van der Waals surface area contributed by atoms with Crippen LogP contribution >= 0.6 is 0 Å². The summed E-state index contributed by atoms with van der Waals surface area (Å²) in [4.78, 5) is 11.1. The Balaban J connectivity index is 6.12. The molecular formula is C15H14F16O2. The standard InChI is InChI=1S/C15H14F16O2/c1-2-3-4-5-7(32)33-6-9(18,19)11(22,23)13(26,27)15(30,31)14(28,29)12(24,25)10(20,21)8(16)17/h8H,2-6H2,1H3. The average molecular weight is 530 g/mol. The molecule has 2 nitrogen and oxygen atoms in total. The first-order chi connectivity index (χ1) is 14.4. The minimum atomic E-state index is -8.46. The molecule has 0 unspecified atom stereocenters. The van der Waals surface area contributed by atoms with E-state index in [1.807, 2.05) is 0 Å². The van der Waals surface area contributed by atoms with Gasteiger partial charge in [0, 0.05) is 6.42 Å². The van der Waals surface area contributed by atoms with Crippen LogP contribution in [0.3, 0.4) is 0 Å². The summed E-state index contributed by atoms with van der Waals surface area (Å²) in [6.07, 6.45) is -6.04. The van der Waals surface area contributed by atoms with E-state index in [1.165, 1.54) is 0 Å². The highest BCUT2D eigenvalue weighted by Crippen LogP contribution is 2.62. The van der Waals surface area contributed by atoms with Gasteiger partial charge in [-0.1, -0.05) is 19.8 Å². The fraction of sp³-hybridized carbons (Fsp3) is 0.933. The van der Waals surface area contributed by atoms with Gasteiger partial charge in [-0.15, -0.1) is 0 Å². The number of hydrogen-bond donors (Lipinski definition) is 0. The monoisotopic (exact) mass is 530 g/mol. The van der Waals surface area contributed by atoms with Crippen LogP contribution in [0.1, 0.15) is 32.6 Å². The van der Waals surface area contributed by atoms with Crippen LogP contribution in [0.2, 0.25) is 0 Å². The van der Waals surface area contributed by atoms with Gasteiger partial charge in [0.05, 0.1) is 0 Å². The number of ether oxygens (including phenoxy) is 1. The second kappa shape index (κ2) is 9.54. The van der Waals surface area contributed by atoms with Gasteiger partial charge in [0.1, 0.15) is 0 Å². The minimum Gasteiger partial charge on any atom is -0.459 e. The molecule has 0 heterocycles. The average Bonchev–Trinajstić information content (AvgIpc) is 2.65. The molecule has 18 heteroatoms. The molecule has 0 aromatic heterocycles. The van der Waals surface area contributed by atoms with Gasteiger partial charge in [-0.05, 0) is 6.42 Å². The molecule has 0 aliphatic rings. The summed E-state index contributed by atoms with van der Waals surface area (Å²) in [5.41, 5.74) is 0. The van der Waals surface area contributed by atoms with Crippen molar-refractivity contribution in [3.63, 3.8) is 0 Å². The van der Waals surface area contributed by atoms with Crippen LogP contribution in [0, 0.1) is 0 Å². The Morgan fingerprint density at radius 1 is 0.667 bits per heavy atom. The summed E-state index contributed by atoms with van der Waals surface area (Å²) in [6.45, 7) is -1.55. The number of halogens is 16. The van der Waals surface area contributed by atoms with Gasteiger partial charge in [-0.25, -0.2) is 8.78 Å². The van der Waals surface area contributed by atoms with Gasteiger partial charge in [0.2, 0.25) is 0 Å². The van der Waals surface area contributed by atoms with E-state index in [1.54, 1.807) is 6.92 Å². The maximum Gasteiger partial charge on any atom is 0.385 e. The van der Waals surface area contributed by atoms with Gasteiger partial charge in [-0.2, -0.15) is 61.5 Å². The van der Waals surface area contributed by atoms with E-state index < -0.39 is 66.9 Å². The van der Waals surface area contributed by atoms with Crippen molar-refractivity contribution in [2.75, 3.05) is 6.61 Å². The predicted octanol–water partition coefficient (Wildman–Crippen LogP) is 6.82. The highest BCUT2D eigenvalue weighted by Gasteiger charge is 2.93. The number of carbonyl (C=O) groups excluding carboxylic acids is 1. The second-order valence-corrected chi connectivity index (χ2v) is 6.62. The van der Waals surface area contributed by atoms with E-state index in [0.717, 1.165) is 0 Å². The maximum atomic E-state index is 13.5. The summed E-state index contributed by atoms with van der Waals surface area (Å²) in [6, 6.07) is 0. The molecule has 0 aliphatic heterocycles. The zero-order valence-electron chi connectivity index (χ0n) is 16.0. The Kier molecular flexibility index (Phi) is 9.06. The fourth-order valence-corrected chi connectivity index (χ4v) is 2.02. The predicted molar refractivity (Wildman–Crippen MR) is 75.7 cm³/mol. The normalized spacial score (nSPS) is 15.2. The van der Waals surface area contributed by atoms with Crippen LogP contribution in [0.4, 0.5) is 70.2 Å². The summed E-state index contributed by atoms with van der Waals surface area (Å²) < 4.78 is 213. The molecule has 0 aromatic carbocycles. The molecule has 0 spiro atoms. The molecule has 0 atom stereocenters. The molecule has 33 heavy (non-hydrogen) atoms. The molecule has 0 radical (unpaired) electrons. The van der Waals surface area contributed by atoms with Crippen molar-refractivity contribution in [3.05, 3.63) is 0 Å². The quantitative estimate of drug-likeness (QED) is 0.148. The van der Waals surface area contributed by atoms with Crippen molar-refractivity contribution in [3.8, 4) is 0 Å². The van der Waals surface area contributed by atoms with E-state index in [-0.39, 0.29) is 12.8 Å². The first-order valence-electron chi connectivity index (χ1n) is 8.48. The molecule has 0 fully saturated rings. The minimum absolute atomic E-state index is 0.0921. The number of hydrogen-bond acceptors (Lipinski definition) is 2. The Hall–Kier alpha value is -1.65. The maximum absolute atomic E-state index is 13.5. The topological polar surface area (TPSA) is 26.3 Å². The third-order valence-electron chi connectivity index (χ3n) is 4.13. The van der Waals surface area contributed by atoms with Gasteiger partial charge in [-0.3, -0.25) is 4.79 Å². The third kappa shape index (κ3) is 5.07. The smallest absolute Gasteiger partial charge is 0.385 e. The van der Waals surface area contributed by atoms with Crippen molar-refractivity contribution in [1.82, 2.24) is 0 Å². The molecule has 0 N–H and O–H groups in total. The Morgan fingerprint density at radius 2 is 1.06 bits per heavy atom. The Labute approximate surface area is 174 Å². The zero-order chi connectivity index (χ0) is 26.9. The Bertz CT molecular complexity index is 673. The van der Waals surface area contributed by atoms with Gasteiger partial charge >= 0.3 is 53.9 Å². The highest BCUT2D eigenvalue weighted by atomic mass is 19.4. The largest absolute Gasteiger partial charge is 0.459 e. The van der Waals surface area contributed by atoms with Crippen LogP contribution in [0.15, 0.2) is 0 Å². The van der Waals surface area contributed by atoms with Crippen molar-refractivity contribution in [2.24, 2.45) is 0 Å². The van der Waals surface area contributed by atoms with Crippen molar-refractivity contribution >= 4 is 5.97 Å². The molecule has 0 rings (SSSR count). The number of esters is 1. The summed E-state index contributed by atoms with van der Waals surface area (Å²) in [5.74, 6) is -56.9. The molecule has 0 amide bonds. The van der Waals surface area contributed by atoms with Gasteiger partial charge in [0.25, 0.3) is 0 Å². The van der Waals surface area contributed by atoms with E-state index in [0.29, 0.717) is 6.42 Å². The Morgan fingerprint density at radius 3 is 1.45 bits per heavy atom. The third-order valence-corrected chi connectivity index (χ3v) is 4.13. The van der Waals surface area contributed by atoms with Crippen LogP contribution in [0.5, 0.6) is 0 Å². The van der Waals surface area contributed by atoms with Crippen molar-refractivity contribution in [2.45, 2.75) is 80.5 Å². The van der Waals surface area contributed by atoms with E-state index >= 15 is 0 Å². The molecule has 0 bridgehead atoms. The van der Waals surface area contributed by atoms with E-state index in [9.17, 15) is 75.0 Å². The molecule has 0 aliphatic carbocycles. The summed E-state index contributed by atoms with van der Waals surface area (Å²) >= 11 is 0. The molecule has 0 aromatic rings. The lowest BCUT2D eigenvalue weighted by Crippen LogP contribution is -2.74. The molecule has 0 saturated carbocycles. The highest BCUT2D eigenvalue weighted by molar-refractivity contribution is 5.69. The fourth-order valence-electron chi connectivity index (χ4n) is 2.02. The van der Waals surface area contributed by atoms with Gasteiger partial charge < -0.3 is 4.74 Å². The number of unbranched alkanes of at least 4 members (excludes halogenated alkanes) is 2. The molecular weight excluding hydrogens is 516 g/mol. The van der Waals surface area contributed by atoms with Crippen LogP contribution in [0.25, 0.3) is 0 Å². The summed E-state index contributed by atoms with van der Waals surface area (Å²) in [7, 11) is 0. The molecule has 198 valence electrons. The van der Waals surface area contributed by atoms with E-state index in [2.05, 4.69) is 4.74 Å². The van der Waals surface area contributed by atoms with Crippen LogP contribution in [-0.4, -0.2) is 60.5 Å². The van der Waals surface area contributed by atoms with Crippen molar-refractivity contribution < 1.29 is 79.8 Å². The lowest BCUT2D eigenvalue weighted by atomic mass is 9.89. The number of alkyl halides is 16. The lowest BCUT2D eigenvalue weighted by Gasteiger charge is -2.42. The molecule has 0 saturated heterocycles. The number of carbonyl (C=O) groups is 1. The van der Waals surface area contributed by atoms with Crippen LogP contribution in [-0.2, 0) is 9.53 Å². The SMILES string of the molecule is CCCCCC(=O)OCC(F)(F)C(F)(F)C(F)(F)C(F)(F)C(F)(F)C(F)(F)C(F)(F)C(F)F. The number of rotatable bonds is 13. The van der Waals surface area contributed by atoms with Crippen LogP contribution < -0.4 is 0 Å².